The van der Waals surface area contributed by atoms with E-state index in [9.17, 15) is 4.79 Å². The van der Waals surface area contributed by atoms with Crippen molar-refractivity contribution in [3.8, 4) is 5.75 Å². The average molecular weight is 291 g/mol. The lowest BCUT2D eigenvalue weighted by atomic mass is 9.99. The van der Waals surface area contributed by atoms with Gasteiger partial charge in [-0.05, 0) is 37.3 Å². The number of hydrogen-bond acceptors (Lipinski definition) is 3. The summed E-state index contributed by atoms with van der Waals surface area (Å²) >= 11 is 0. The Hall–Kier alpha value is -1.55. The van der Waals surface area contributed by atoms with E-state index < -0.39 is 5.97 Å². The molecule has 4 heteroatoms. The quantitative estimate of drug-likeness (QED) is 0.819. The van der Waals surface area contributed by atoms with Crippen LogP contribution in [-0.2, 0) is 4.79 Å². The molecular formula is C17H25NO3. The first-order chi connectivity index (χ1) is 9.99. The third-order valence-electron chi connectivity index (χ3n) is 4.28. The second-order valence-electron chi connectivity index (χ2n) is 6.10. The fourth-order valence-corrected chi connectivity index (χ4v) is 3.06. The summed E-state index contributed by atoms with van der Waals surface area (Å²) < 4.78 is 5.89. The van der Waals surface area contributed by atoms with Crippen LogP contribution < -0.4 is 4.74 Å². The van der Waals surface area contributed by atoms with E-state index in [2.05, 4.69) is 30.9 Å². The highest BCUT2D eigenvalue weighted by molar-refractivity contribution is 5.71. The largest absolute Gasteiger partial charge is 0.493 e. The molecule has 0 unspecified atom stereocenters. The minimum absolute atomic E-state index is 0.218. The first-order valence-electron chi connectivity index (χ1n) is 7.63. The van der Waals surface area contributed by atoms with Crippen molar-refractivity contribution in [2.75, 3.05) is 26.2 Å². The number of hydrogen-bond donors (Lipinski definition) is 1. The van der Waals surface area contributed by atoms with Crippen LogP contribution in [0.3, 0.4) is 0 Å². The van der Waals surface area contributed by atoms with Gasteiger partial charge in [0.2, 0.25) is 0 Å². The third-order valence-corrected chi connectivity index (χ3v) is 4.28. The summed E-state index contributed by atoms with van der Waals surface area (Å²) in [6.45, 7) is 9.25. The highest BCUT2D eigenvalue weighted by atomic mass is 16.5. The number of aryl methyl sites for hydroxylation is 2. The van der Waals surface area contributed by atoms with Crippen molar-refractivity contribution >= 4 is 5.97 Å². The van der Waals surface area contributed by atoms with Crippen LogP contribution in [0.2, 0.25) is 0 Å². The number of rotatable bonds is 6. The molecule has 0 amide bonds. The van der Waals surface area contributed by atoms with E-state index in [1.165, 1.54) is 0 Å². The Morgan fingerprint density at radius 1 is 1.33 bits per heavy atom. The Labute approximate surface area is 126 Å². The van der Waals surface area contributed by atoms with E-state index in [4.69, 9.17) is 9.84 Å². The number of carbonyl (C=O) groups is 1. The zero-order valence-electron chi connectivity index (χ0n) is 13.1. The van der Waals surface area contributed by atoms with Crippen LogP contribution >= 0.6 is 0 Å². The van der Waals surface area contributed by atoms with Gasteiger partial charge >= 0.3 is 5.97 Å². The van der Waals surface area contributed by atoms with Gasteiger partial charge in [-0.1, -0.05) is 25.1 Å². The zero-order valence-corrected chi connectivity index (χ0v) is 13.1. The topological polar surface area (TPSA) is 49.8 Å². The van der Waals surface area contributed by atoms with Crippen molar-refractivity contribution < 1.29 is 14.6 Å². The van der Waals surface area contributed by atoms with Gasteiger partial charge in [0, 0.05) is 19.6 Å². The van der Waals surface area contributed by atoms with E-state index in [0.29, 0.717) is 13.2 Å². The molecule has 1 aromatic rings. The predicted octanol–water partition coefficient (Wildman–Crippen LogP) is 2.72. The number of aliphatic carboxylic acids is 1. The molecule has 0 saturated carbocycles. The summed E-state index contributed by atoms with van der Waals surface area (Å²) in [5, 5.41) is 9.13. The normalized spacial score (nSPS) is 22.4. The fourth-order valence-electron chi connectivity index (χ4n) is 3.06. The molecule has 1 fully saturated rings. The van der Waals surface area contributed by atoms with Crippen LogP contribution in [0.15, 0.2) is 18.2 Å². The summed E-state index contributed by atoms with van der Waals surface area (Å²) in [7, 11) is 0. The van der Waals surface area contributed by atoms with Crippen molar-refractivity contribution in [3.05, 3.63) is 29.3 Å². The Balaban J connectivity index is 1.75. The van der Waals surface area contributed by atoms with E-state index in [1.807, 2.05) is 13.0 Å². The SMILES string of the molecule is Cc1cccc(C)c1OCCCN1C[C@@H](C)[C@H](C(=O)O)C1. The van der Waals surface area contributed by atoms with Gasteiger partial charge in [-0.25, -0.2) is 0 Å². The molecule has 0 aromatic heterocycles. The van der Waals surface area contributed by atoms with Gasteiger partial charge in [-0.2, -0.15) is 0 Å². The summed E-state index contributed by atoms with van der Waals surface area (Å²) in [5.74, 6) is 0.332. The van der Waals surface area contributed by atoms with Crippen LogP contribution in [0, 0.1) is 25.7 Å². The highest BCUT2D eigenvalue weighted by Gasteiger charge is 2.34. The van der Waals surface area contributed by atoms with Crippen molar-refractivity contribution in [3.63, 3.8) is 0 Å². The highest BCUT2D eigenvalue weighted by Crippen LogP contribution is 2.24. The van der Waals surface area contributed by atoms with Gasteiger partial charge < -0.3 is 14.7 Å². The maximum Gasteiger partial charge on any atom is 0.308 e. The number of para-hydroxylation sites is 1. The molecule has 4 nitrogen and oxygen atoms in total. The zero-order chi connectivity index (χ0) is 15.4. The molecule has 0 aliphatic carbocycles. The Kier molecular flexibility index (Phi) is 5.23. The molecule has 0 radical (unpaired) electrons. The number of nitrogens with zero attached hydrogens (tertiary/aromatic N) is 1. The molecule has 1 aliphatic rings. The lowest BCUT2D eigenvalue weighted by molar-refractivity contribution is -0.142. The van der Waals surface area contributed by atoms with E-state index in [1.54, 1.807) is 0 Å². The summed E-state index contributed by atoms with van der Waals surface area (Å²) in [5.41, 5.74) is 2.33. The van der Waals surface area contributed by atoms with Crippen LogP contribution in [0.25, 0.3) is 0 Å². The lowest BCUT2D eigenvalue weighted by Crippen LogP contribution is -2.25. The molecule has 1 saturated heterocycles. The monoisotopic (exact) mass is 291 g/mol. The molecule has 2 atom stereocenters. The average Bonchev–Trinajstić information content (AvgIpc) is 2.79. The van der Waals surface area contributed by atoms with Crippen molar-refractivity contribution in [2.45, 2.75) is 27.2 Å². The second kappa shape index (κ2) is 6.94. The third kappa shape index (κ3) is 3.97. The van der Waals surface area contributed by atoms with Gasteiger partial charge in [0.25, 0.3) is 0 Å². The Morgan fingerprint density at radius 3 is 2.57 bits per heavy atom. The van der Waals surface area contributed by atoms with Crippen LogP contribution in [-0.4, -0.2) is 42.2 Å². The maximum absolute atomic E-state index is 11.1. The molecule has 0 bridgehead atoms. The van der Waals surface area contributed by atoms with Crippen molar-refractivity contribution in [2.24, 2.45) is 11.8 Å². The molecule has 1 aliphatic heterocycles. The van der Waals surface area contributed by atoms with Gasteiger partial charge in [-0.3, -0.25) is 4.79 Å². The van der Waals surface area contributed by atoms with E-state index >= 15 is 0 Å². The second-order valence-corrected chi connectivity index (χ2v) is 6.10. The Bertz CT molecular complexity index is 481. The van der Waals surface area contributed by atoms with Crippen LogP contribution in [0.4, 0.5) is 0 Å². The molecule has 2 rings (SSSR count). The number of likely N-dealkylation sites (tertiary alicyclic amines) is 1. The van der Waals surface area contributed by atoms with Gasteiger partial charge in [0.05, 0.1) is 12.5 Å². The van der Waals surface area contributed by atoms with Gasteiger partial charge in [0.1, 0.15) is 5.75 Å². The van der Waals surface area contributed by atoms with E-state index in [0.717, 1.165) is 36.4 Å². The lowest BCUT2D eigenvalue weighted by Gasteiger charge is -2.16. The number of carboxylic acids is 1. The molecule has 1 N–H and O–H groups in total. The molecule has 1 aromatic carbocycles. The summed E-state index contributed by atoms with van der Waals surface area (Å²) in [6.07, 6.45) is 0.923. The predicted molar refractivity (Wildman–Crippen MR) is 82.8 cm³/mol. The smallest absolute Gasteiger partial charge is 0.308 e. The minimum Gasteiger partial charge on any atom is -0.493 e. The first kappa shape index (κ1) is 15.8. The van der Waals surface area contributed by atoms with Crippen LogP contribution in [0.1, 0.15) is 24.5 Å². The van der Waals surface area contributed by atoms with Gasteiger partial charge in [0.15, 0.2) is 0 Å². The molecular weight excluding hydrogens is 266 g/mol. The number of benzene rings is 1. The van der Waals surface area contributed by atoms with Crippen LogP contribution in [0.5, 0.6) is 5.75 Å². The fraction of sp³-hybridized carbons (Fsp3) is 0.588. The first-order valence-corrected chi connectivity index (χ1v) is 7.63. The maximum atomic E-state index is 11.1. The summed E-state index contributed by atoms with van der Waals surface area (Å²) in [4.78, 5) is 13.3. The molecule has 21 heavy (non-hydrogen) atoms. The number of ether oxygens (including phenoxy) is 1. The Morgan fingerprint density at radius 2 is 2.00 bits per heavy atom. The minimum atomic E-state index is -0.670. The van der Waals surface area contributed by atoms with Crippen molar-refractivity contribution in [1.29, 1.82) is 0 Å². The molecule has 116 valence electrons. The molecule has 0 spiro atoms. The van der Waals surface area contributed by atoms with Gasteiger partial charge in [-0.15, -0.1) is 0 Å². The standard InChI is InChI=1S/C17H25NO3/c1-12-6-4-7-13(2)16(12)21-9-5-8-18-10-14(3)15(11-18)17(19)20/h4,6-7,14-15H,5,8-11H2,1-3H3,(H,19,20)/t14-,15-/m1/s1. The van der Waals surface area contributed by atoms with Crippen molar-refractivity contribution in [1.82, 2.24) is 4.90 Å². The number of carboxylic acid groups (broad SMARTS) is 1. The summed E-state index contributed by atoms with van der Waals surface area (Å²) in [6, 6.07) is 6.15. The molecule has 1 heterocycles. The van der Waals surface area contributed by atoms with E-state index in [-0.39, 0.29) is 11.8 Å².